The highest BCUT2D eigenvalue weighted by Crippen LogP contribution is 2.64. The predicted octanol–water partition coefficient (Wildman–Crippen LogP) is 4.53. The van der Waals surface area contributed by atoms with E-state index in [0.717, 1.165) is 70.6 Å². The number of rotatable bonds is 3. The third kappa shape index (κ3) is 3.75. The zero-order chi connectivity index (χ0) is 21.9. The van der Waals surface area contributed by atoms with Gasteiger partial charge in [-0.2, -0.15) is 0 Å². The lowest BCUT2D eigenvalue weighted by Gasteiger charge is -2.60. The summed E-state index contributed by atoms with van der Waals surface area (Å²) in [7, 11) is 0. The number of allylic oxidation sites excluding steroid dienone is 1. The standard InChI is InChI=1S/C27H43NO3/c1-25-14-15-27(31,17-28-19-7-9-20(29)10-8-19)16-18(25)6-11-21-22-4-3-5-24(30)26(22,2)13-12-23(21)25/h6,19-23,28-29,31H,3-5,7-17H2,1-2H3. The Kier molecular flexibility index (Phi) is 5.67. The van der Waals surface area contributed by atoms with Gasteiger partial charge in [-0.15, -0.1) is 0 Å². The second-order valence-corrected chi connectivity index (χ2v) is 12.3. The summed E-state index contributed by atoms with van der Waals surface area (Å²) in [6.07, 6.45) is 15.3. The van der Waals surface area contributed by atoms with Crippen LogP contribution in [0.3, 0.4) is 0 Å². The fourth-order valence-electron chi connectivity index (χ4n) is 8.44. The van der Waals surface area contributed by atoms with Gasteiger partial charge in [0.15, 0.2) is 0 Å². The topological polar surface area (TPSA) is 69.6 Å². The first kappa shape index (κ1) is 22.1. The molecule has 174 valence electrons. The summed E-state index contributed by atoms with van der Waals surface area (Å²) in [6.45, 7) is 5.41. The number of aliphatic hydroxyl groups excluding tert-OH is 1. The summed E-state index contributed by atoms with van der Waals surface area (Å²) in [5.41, 5.74) is 0.979. The number of carbonyl (C=O) groups is 1. The molecule has 0 aromatic carbocycles. The molecule has 0 aromatic heterocycles. The summed E-state index contributed by atoms with van der Waals surface area (Å²) in [5, 5.41) is 24.9. The number of ketones is 1. The SMILES string of the molecule is CC12CCC3C(CC=C4CC(O)(CNC5CCC(O)CC5)CCC43C)C1CCCC2=O. The zero-order valence-electron chi connectivity index (χ0n) is 19.7. The van der Waals surface area contributed by atoms with Crippen LogP contribution in [0.2, 0.25) is 0 Å². The zero-order valence-corrected chi connectivity index (χ0v) is 19.7. The van der Waals surface area contributed by atoms with Crippen LogP contribution in [0, 0.1) is 28.6 Å². The fraction of sp³-hybridized carbons (Fsp3) is 0.889. The first-order valence-corrected chi connectivity index (χ1v) is 13.1. The maximum absolute atomic E-state index is 12.8. The quantitative estimate of drug-likeness (QED) is 0.577. The van der Waals surface area contributed by atoms with Crippen molar-refractivity contribution in [2.24, 2.45) is 28.6 Å². The summed E-state index contributed by atoms with van der Waals surface area (Å²) < 4.78 is 0. The Bertz CT molecular complexity index is 741. The van der Waals surface area contributed by atoms with Crippen LogP contribution in [0.15, 0.2) is 11.6 Å². The van der Waals surface area contributed by atoms with Crippen molar-refractivity contribution < 1.29 is 15.0 Å². The Hall–Kier alpha value is -0.710. The highest BCUT2D eigenvalue weighted by atomic mass is 16.3. The van der Waals surface area contributed by atoms with Crippen molar-refractivity contribution >= 4 is 5.78 Å². The van der Waals surface area contributed by atoms with Gasteiger partial charge in [0.25, 0.3) is 0 Å². The van der Waals surface area contributed by atoms with Crippen LogP contribution in [0.4, 0.5) is 0 Å². The molecule has 0 saturated heterocycles. The van der Waals surface area contributed by atoms with Crippen LogP contribution in [-0.2, 0) is 4.79 Å². The van der Waals surface area contributed by atoms with Gasteiger partial charge >= 0.3 is 0 Å². The van der Waals surface area contributed by atoms with Crippen molar-refractivity contribution in [3.05, 3.63) is 11.6 Å². The average Bonchev–Trinajstić information content (AvgIpc) is 2.75. The van der Waals surface area contributed by atoms with E-state index in [1.807, 2.05) is 0 Å². The van der Waals surface area contributed by atoms with Gasteiger partial charge in [0.2, 0.25) is 0 Å². The number of Topliss-reactive ketones (excluding diaryl/α,β-unsaturated/α-hetero) is 1. The van der Waals surface area contributed by atoms with Gasteiger partial charge in [-0.05, 0) is 100 Å². The first-order chi connectivity index (χ1) is 14.7. The Morgan fingerprint density at radius 2 is 1.74 bits per heavy atom. The monoisotopic (exact) mass is 429 g/mol. The van der Waals surface area contributed by atoms with Gasteiger partial charge < -0.3 is 15.5 Å². The van der Waals surface area contributed by atoms with Crippen LogP contribution in [0.1, 0.15) is 97.3 Å². The van der Waals surface area contributed by atoms with Gasteiger partial charge in [0.05, 0.1) is 11.7 Å². The second kappa shape index (κ2) is 7.95. The lowest BCUT2D eigenvalue weighted by Crippen LogP contribution is -2.56. The number of fused-ring (bicyclic) bond motifs is 5. The van der Waals surface area contributed by atoms with Crippen LogP contribution in [-0.4, -0.2) is 40.3 Å². The molecule has 0 radical (unpaired) electrons. The largest absolute Gasteiger partial charge is 0.393 e. The van der Waals surface area contributed by atoms with Gasteiger partial charge in [0.1, 0.15) is 5.78 Å². The highest BCUT2D eigenvalue weighted by molar-refractivity contribution is 5.85. The number of nitrogens with one attached hydrogen (secondary N) is 1. The molecule has 0 bridgehead atoms. The summed E-state index contributed by atoms with van der Waals surface area (Å²) >= 11 is 0. The molecule has 4 heteroatoms. The molecule has 5 rings (SSSR count). The molecule has 5 aliphatic rings. The van der Waals surface area contributed by atoms with E-state index in [1.54, 1.807) is 0 Å². The fourth-order valence-corrected chi connectivity index (χ4v) is 8.44. The molecule has 4 fully saturated rings. The van der Waals surface area contributed by atoms with Gasteiger partial charge in [-0.25, -0.2) is 0 Å². The Morgan fingerprint density at radius 1 is 1.00 bits per heavy atom. The van der Waals surface area contributed by atoms with E-state index in [-0.39, 0.29) is 16.9 Å². The lowest BCUT2D eigenvalue weighted by molar-refractivity contribution is -0.145. The van der Waals surface area contributed by atoms with E-state index < -0.39 is 5.60 Å². The van der Waals surface area contributed by atoms with Crippen molar-refractivity contribution in [3.8, 4) is 0 Å². The molecule has 5 aliphatic carbocycles. The normalized spacial score (nSPS) is 50.1. The Labute approximate surface area is 188 Å². The minimum absolute atomic E-state index is 0.0754. The molecular weight excluding hydrogens is 386 g/mol. The third-order valence-corrected chi connectivity index (χ3v) is 10.6. The maximum Gasteiger partial charge on any atom is 0.139 e. The van der Waals surface area contributed by atoms with Gasteiger partial charge in [-0.3, -0.25) is 4.79 Å². The molecule has 0 amide bonds. The van der Waals surface area contributed by atoms with Crippen LogP contribution in [0.5, 0.6) is 0 Å². The van der Waals surface area contributed by atoms with E-state index >= 15 is 0 Å². The summed E-state index contributed by atoms with van der Waals surface area (Å²) in [5.74, 6) is 2.41. The molecule has 0 heterocycles. The number of aliphatic hydroxyl groups is 2. The van der Waals surface area contributed by atoms with E-state index in [9.17, 15) is 15.0 Å². The van der Waals surface area contributed by atoms with Crippen molar-refractivity contribution in [3.63, 3.8) is 0 Å². The van der Waals surface area contributed by atoms with Crippen LogP contribution >= 0.6 is 0 Å². The molecule has 3 N–H and O–H groups in total. The van der Waals surface area contributed by atoms with Crippen molar-refractivity contribution in [2.75, 3.05) is 6.54 Å². The summed E-state index contributed by atoms with van der Waals surface area (Å²) in [6, 6.07) is 0.435. The van der Waals surface area contributed by atoms with E-state index in [2.05, 4.69) is 25.2 Å². The average molecular weight is 430 g/mol. The lowest BCUT2D eigenvalue weighted by atomic mass is 9.44. The molecule has 0 aliphatic heterocycles. The highest BCUT2D eigenvalue weighted by Gasteiger charge is 2.58. The number of hydrogen-bond donors (Lipinski definition) is 3. The van der Waals surface area contributed by atoms with Crippen LogP contribution < -0.4 is 5.32 Å². The van der Waals surface area contributed by atoms with E-state index in [4.69, 9.17) is 0 Å². The molecular formula is C27H43NO3. The number of hydrogen-bond acceptors (Lipinski definition) is 4. The van der Waals surface area contributed by atoms with E-state index in [0.29, 0.717) is 36.1 Å². The molecule has 31 heavy (non-hydrogen) atoms. The van der Waals surface area contributed by atoms with E-state index in [1.165, 1.54) is 18.4 Å². The van der Waals surface area contributed by atoms with Crippen molar-refractivity contribution in [2.45, 2.75) is 115 Å². The number of carbonyl (C=O) groups excluding carboxylic acids is 1. The van der Waals surface area contributed by atoms with Crippen LogP contribution in [0.25, 0.3) is 0 Å². The molecule has 0 aromatic rings. The Morgan fingerprint density at radius 3 is 2.52 bits per heavy atom. The molecule has 4 nitrogen and oxygen atoms in total. The van der Waals surface area contributed by atoms with Gasteiger partial charge in [0, 0.05) is 24.4 Å². The maximum atomic E-state index is 12.8. The molecule has 6 atom stereocenters. The minimum atomic E-state index is -0.641. The minimum Gasteiger partial charge on any atom is -0.393 e. The van der Waals surface area contributed by atoms with Crippen molar-refractivity contribution in [1.82, 2.24) is 5.32 Å². The smallest absolute Gasteiger partial charge is 0.139 e. The van der Waals surface area contributed by atoms with Crippen molar-refractivity contribution in [1.29, 1.82) is 0 Å². The van der Waals surface area contributed by atoms with Gasteiger partial charge in [-0.1, -0.05) is 25.5 Å². The third-order valence-electron chi connectivity index (χ3n) is 10.6. The second-order valence-electron chi connectivity index (χ2n) is 12.3. The molecule has 6 unspecified atom stereocenters. The summed E-state index contributed by atoms with van der Waals surface area (Å²) in [4.78, 5) is 12.8. The predicted molar refractivity (Wildman–Crippen MR) is 123 cm³/mol. The molecule has 4 saturated carbocycles. The Balaban J connectivity index is 1.28. The molecule has 0 spiro atoms. The first-order valence-electron chi connectivity index (χ1n) is 13.1.